The van der Waals surface area contributed by atoms with Gasteiger partial charge in [-0.2, -0.15) is 0 Å². The second-order valence-corrected chi connectivity index (χ2v) is 4.77. The Balaban J connectivity index is -0.000000174. The summed E-state index contributed by atoms with van der Waals surface area (Å²) in [7, 11) is 0. The molecule has 0 N–H and O–H groups in total. The topological polar surface area (TPSA) is 0 Å². The van der Waals surface area contributed by atoms with Gasteiger partial charge in [0.1, 0.15) is 0 Å². The molecule has 0 atom stereocenters. The zero-order valence-corrected chi connectivity index (χ0v) is 13.8. The van der Waals surface area contributed by atoms with E-state index in [1.54, 1.807) is 0 Å². The van der Waals surface area contributed by atoms with E-state index in [2.05, 4.69) is 41.5 Å². The van der Waals surface area contributed by atoms with E-state index in [-0.39, 0.29) is 0 Å². The van der Waals surface area contributed by atoms with Crippen molar-refractivity contribution < 1.29 is 0 Å². The lowest BCUT2D eigenvalue weighted by Gasteiger charge is -1.86. The van der Waals surface area contributed by atoms with Crippen LogP contribution in [0.25, 0.3) is 0 Å². The van der Waals surface area contributed by atoms with Crippen molar-refractivity contribution in [2.24, 2.45) is 0 Å². The SMILES string of the molecule is CCCCC.CCCCCC.CCCCCC. The molecule has 0 rings (SSSR count). The summed E-state index contributed by atoms with van der Waals surface area (Å²) < 4.78 is 0. The molecule has 0 aliphatic carbocycles. The van der Waals surface area contributed by atoms with Gasteiger partial charge >= 0.3 is 0 Å². The lowest BCUT2D eigenvalue weighted by molar-refractivity contribution is 0.702. The molecule has 0 nitrogen and oxygen atoms in total. The average Bonchev–Trinajstić information content (AvgIpc) is 2.36. The Hall–Kier alpha value is 0. The lowest BCUT2D eigenvalue weighted by atomic mass is 10.2. The van der Waals surface area contributed by atoms with Gasteiger partial charge in [-0.1, -0.05) is 112 Å². The van der Waals surface area contributed by atoms with Crippen LogP contribution in [-0.2, 0) is 0 Å². The maximum atomic E-state index is 2.23. The smallest absolute Gasteiger partial charge is 0.0536 e. The predicted octanol–water partition coefficient (Wildman–Crippen LogP) is 7.37. The highest BCUT2D eigenvalue weighted by molar-refractivity contribution is 4.31. The molecule has 108 valence electrons. The molecule has 0 bridgehead atoms. The van der Waals surface area contributed by atoms with Crippen LogP contribution >= 0.6 is 0 Å². The van der Waals surface area contributed by atoms with Gasteiger partial charge in [0.25, 0.3) is 0 Å². The minimum absolute atomic E-state index is 1.34. The first kappa shape index (κ1) is 22.2. The van der Waals surface area contributed by atoms with Crippen LogP contribution in [0.15, 0.2) is 0 Å². The van der Waals surface area contributed by atoms with E-state index in [0.29, 0.717) is 0 Å². The molecule has 0 aliphatic rings. The molecule has 0 saturated heterocycles. The molecule has 0 aliphatic heterocycles. The highest BCUT2D eigenvalue weighted by Gasteiger charge is 1.76. The zero-order chi connectivity index (χ0) is 13.8. The van der Waals surface area contributed by atoms with Crippen LogP contribution in [0.4, 0.5) is 0 Å². The summed E-state index contributed by atoms with van der Waals surface area (Å²) in [6, 6.07) is 0. The fourth-order valence-corrected chi connectivity index (χ4v) is 1.35. The van der Waals surface area contributed by atoms with Crippen molar-refractivity contribution in [3.8, 4) is 0 Å². The summed E-state index contributed by atoms with van der Waals surface area (Å²) in [6.45, 7) is 13.4. The Morgan fingerprint density at radius 3 is 0.529 bits per heavy atom. The van der Waals surface area contributed by atoms with Gasteiger partial charge in [0.15, 0.2) is 0 Å². The van der Waals surface area contributed by atoms with Gasteiger partial charge in [0.05, 0.1) is 0 Å². The standard InChI is InChI=1S/2C6H14.C5H12/c2*1-3-5-6-4-2;1-3-5-4-2/h2*3-6H2,1-2H3;3-5H2,1-2H3. The molecule has 0 unspecified atom stereocenters. The van der Waals surface area contributed by atoms with Crippen molar-refractivity contribution in [2.45, 2.75) is 112 Å². The number of rotatable bonds is 8. The van der Waals surface area contributed by atoms with Crippen LogP contribution in [0.5, 0.6) is 0 Å². The van der Waals surface area contributed by atoms with Gasteiger partial charge in [0.2, 0.25) is 0 Å². The van der Waals surface area contributed by atoms with E-state index in [1.165, 1.54) is 70.6 Å². The molecule has 0 aromatic carbocycles. The van der Waals surface area contributed by atoms with Crippen LogP contribution < -0.4 is 0 Å². The van der Waals surface area contributed by atoms with Gasteiger partial charge in [-0.25, -0.2) is 0 Å². The van der Waals surface area contributed by atoms with E-state index < -0.39 is 0 Å². The summed E-state index contributed by atoms with van der Waals surface area (Å²) in [5.74, 6) is 0. The van der Waals surface area contributed by atoms with Gasteiger partial charge in [-0.05, 0) is 0 Å². The number of hydrogen-bond donors (Lipinski definition) is 0. The fraction of sp³-hybridized carbons (Fsp3) is 1.00. The molecule has 0 radical (unpaired) electrons. The Bertz CT molecular complexity index is 58.1. The van der Waals surface area contributed by atoms with E-state index in [1.807, 2.05) is 0 Å². The highest BCUT2D eigenvalue weighted by Crippen LogP contribution is 1.95. The van der Waals surface area contributed by atoms with Gasteiger partial charge in [-0.3, -0.25) is 0 Å². The summed E-state index contributed by atoms with van der Waals surface area (Å²) >= 11 is 0. The molecule has 0 amide bonds. The Morgan fingerprint density at radius 2 is 0.471 bits per heavy atom. The molecule has 0 heteroatoms. The van der Waals surface area contributed by atoms with Crippen LogP contribution in [0.1, 0.15) is 112 Å². The minimum atomic E-state index is 1.34. The first-order valence-electron chi connectivity index (χ1n) is 8.24. The summed E-state index contributed by atoms with van der Waals surface area (Å²) in [6.07, 6.45) is 15.1. The Labute approximate surface area is 113 Å². The molecule has 0 aromatic rings. The van der Waals surface area contributed by atoms with Crippen LogP contribution in [0, 0.1) is 0 Å². The molecule has 0 fully saturated rings. The average molecular weight is 245 g/mol. The normalized spacial score (nSPS) is 8.82. The molecule has 0 spiro atoms. The number of hydrogen-bond acceptors (Lipinski definition) is 0. The predicted molar refractivity (Wildman–Crippen MR) is 84.8 cm³/mol. The van der Waals surface area contributed by atoms with Crippen molar-refractivity contribution in [1.29, 1.82) is 0 Å². The van der Waals surface area contributed by atoms with Crippen LogP contribution in [0.3, 0.4) is 0 Å². The van der Waals surface area contributed by atoms with Crippen molar-refractivity contribution in [2.75, 3.05) is 0 Å². The maximum Gasteiger partial charge on any atom is -0.0536 e. The molecular formula is C17H40. The van der Waals surface area contributed by atoms with Gasteiger partial charge in [-0.15, -0.1) is 0 Å². The summed E-state index contributed by atoms with van der Waals surface area (Å²) in [4.78, 5) is 0. The minimum Gasteiger partial charge on any atom is -0.0654 e. The lowest BCUT2D eigenvalue weighted by Crippen LogP contribution is -1.66. The van der Waals surface area contributed by atoms with Crippen molar-refractivity contribution in [3.63, 3.8) is 0 Å². The van der Waals surface area contributed by atoms with Crippen LogP contribution in [0.2, 0.25) is 0 Å². The number of unbranched alkanes of at least 4 members (excludes halogenated alkanes) is 8. The van der Waals surface area contributed by atoms with Gasteiger partial charge < -0.3 is 0 Å². The fourth-order valence-electron chi connectivity index (χ4n) is 1.35. The van der Waals surface area contributed by atoms with E-state index in [0.717, 1.165) is 0 Å². The van der Waals surface area contributed by atoms with Crippen molar-refractivity contribution in [1.82, 2.24) is 0 Å². The summed E-state index contributed by atoms with van der Waals surface area (Å²) in [5, 5.41) is 0. The van der Waals surface area contributed by atoms with Gasteiger partial charge in [0, 0.05) is 0 Å². The third-order valence-electron chi connectivity index (χ3n) is 2.62. The quantitative estimate of drug-likeness (QED) is 0.391. The third kappa shape index (κ3) is 49.0. The van der Waals surface area contributed by atoms with Crippen LogP contribution in [-0.4, -0.2) is 0 Å². The molecule has 0 saturated carbocycles. The Kier molecular flexibility index (Phi) is 38.9. The van der Waals surface area contributed by atoms with E-state index >= 15 is 0 Å². The molecule has 0 heterocycles. The maximum absolute atomic E-state index is 2.23. The zero-order valence-electron chi connectivity index (χ0n) is 13.8. The molecular weight excluding hydrogens is 204 g/mol. The largest absolute Gasteiger partial charge is 0.0654 e. The molecule has 0 aromatic heterocycles. The van der Waals surface area contributed by atoms with Crippen molar-refractivity contribution in [3.05, 3.63) is 0 Å². The monoisotopic (exact) mass is 244 g/mol. The second-order valence-electron chi connectivity index (χ2n) is 4.77. The first-order valence-corrected chi connectivity index (χ1v) is 8.24. The van der Waals surface area contributed by atoms with Crippen molar-refractivity contribution >= 4 is 0 Å². The first-order chi connectivity index (χ1) is 8.24. The summed E-state index contributed by atoms with van der Waals surface area (Å²) in [5.41, 5.74) is 0. The van der Waals surface area contributed by atoms with E-state index in [4.69, 9.17) is 0 Å². The third-order valence-corrected chi connectivity index (χ3v) is 2.62. The molecule has 17 heavy (non-hydrogen) atoms. The van der Waals surface area contributed by atoms with E-state index in [9.17, 15) is 0 Å². The Morgan fingerprint density at radius 1 is 0.294 bits per heavy atom. The second kappa shape index (κ2) is 29.8. The highest BCUT2D eigenvalue weighted by atomic mass is 13.8.